The van der Waals surface area contributed by atoms with Gasteiger partial charge in [0.15, 0.2) is 0 Å². The van der Waals surface area contributed by atoms with Gasteiger partial charge in [0, 0.05) is 91.5 Å². The predicted molar refractivity (Wildman–Crippen MR) is 451 cm³/mol. The molecule has 0 spiro atoms. The summed E-state index contributed by atoms with van der Waals surface area (Å²) in [5.74, 6) is 0.394. The molecule has 638 valence electrons. The summed E-state index contributed by atoms with van der Waals surface area (Å²) in [5.41, 5.74) is 11.7. The van der Waals surface area contributed by atoms with Crippen molar-refractivity contribution in [2.45, 2.75) is 287 Å². The minimum absolute atomic E-state index is 0. The third kappa shape index (κ3) is 40.8. The summed E-state index contributed by atoms with van der Waals surface area (Å²) in [4.78, 5) is 13.5. The van der Waals surface area contributed by atoms with Gasteiger partial charge in [-0.3, -0.25) is 9.98 Å². The number of rotatable bonds is 14. The van der Waals surface area contributed by atoms with Crippen molar-refractivity contribution >= 4 is 12.4 Å². The molecule has 4 fully saturated rings. The van der Waals surface area contributed by atoms with Crippen molar-refractivity contribution in [1.82, 2.24) is 9.80 Å². The molecular formula is C96H146N4O10Yb2. The van der Waals surface area contributed by atoms with Crippen molar-refractivity contribution in [3.63, 3.8) is 0 Å². The van der Waals surface area contributed by atoms with E-state index >= 15 is 0 Å². The summed E-state index contributed by atoms with van der Waals surface area (Å²) in [6, 6.07) is 35.0. The second kappa shape index (κ2) is 51.1. The molecule has 2 radical (unpaired) electrons. The summed E-state index contributed by atoms with van der Waals surface area (Å²) in [5, 5.41) is 73.3. The largest absolute Gasteiger partial charge is 3.00 e. The Balaban J connectivity index is 0.000000758. The van der Waals surface area contributed by atoms with E-state index in [-0.39, 0.29) is 173 Å². The molecule has 4 aliphatic heterocycles. The Kier molecular flexibility index (Phi) is 48.7. The summed E-state index contributed by atoms with van der Waals surface area (Å²) in [6.45, 7) is 62.6. The Morgan fingerprint density at radius 3 is 0.732 bits per heavy atom. The number of likely N-dealkylation sites (N-methyl/N-ethyl adjacent to an activating group) is 2. The Hall–Kier alpha value is -3.42. The Labute approximate surface area is 758 Å². The van der Waals surface area contributed by atoms with Crippen molar-refractivity contribution in [3.8, 4) is 23.0 Å². The van der Waals surface area contributed by atoms with E-state index < -0.39 is 0 Å². The Morgan fingerprint density at radius 1 is 0.321 bits per heavy atom. The minimum Gasteiger partial charge on any atom is -0.872 e. The molecule has 14 nitrogen and oxygen atoms in total. The molecule has 0 aromatic heterocycles. The van der Waals surface area contributed by atoms with Gasteiger partial charge < -0.3 is 59.4 Å². The zero-order valence-electron chi connectivity index (χ0n) is 73.9. The zero-order valence-corrected chi connectivity index (χ0v) is 77.4. The van der Waals surface area contributed by atoms with Crippen molar-refractivity contribution in [2.75, 3.05) is 93.1 Å². The van der Waals surface area contributed by atoms with Gasteiger partial charge in [0.25, 0.3) is 0 Å². The van der Waals surface area contributed by atoms with E-state index in [1.165, 1.54) is 62.5 Å². The maximum Gasteiger partial charge on any atom is 3.00 e. The van der Waals surface area contributed by atoms with Crippen LogP contribution in [0.2, 0.25) is 0 Å². The van der Waals surface area contributed by atoms with Gasteiger partial charge in [-0.05, 0) is 176 Å². The van der Waals surface area contributed by atoms with Crippen LogP contribution in [0.1, 0.15) is 295 Å². The predicted octanol–water partition coefficient (Wildman–Crippen LogP) is 17.4. The summed E-state index contributed by atoms with van der Waals surface area (Å²) in [7, 11) is 4.04. The number of nitrogens with zero attached hydrogens (tertiary/aromatic N) is 4. The van der Waals surface area contributed by atoms with Crippen molar-refractivity contribution < 1.29 is 143 Å². The van der Waals surface area contributed by atoms with Crippen LogP contribution in [0.4, 0.5) is 0 Å². The number of hydrogen-bond donors (Lipinski definition) is 0. The van der Waals surface area contributed by atoms with E-state index in [0.717, 1.165) is 108 Å². The van der Waals surface area contributed by atoms with Gasteiger partial charge in [-0.1, -0.05) is 298 Å². The molecule has 4 heterocycles. The molecular weight excluding hydrogens is 1720 g/mol. The number of aliphatic imine (C=N–C) groups is 2. The van der Waals surface area contributed by atoms with Crippen molar-refractivity contribution in [3.05, 3.63) is 187 Å². The van der Waals surface area contributed by atoms with Gasteiger partial charge >= 0.3 is 93.8 Å². The molecule has 4 aliphatic rings. The molecule has 0 bridgehead atoms. The molecule has 0 aliphatic carbocycles. The first kappa shape index (κ1) is 107. The first-order chi connectivity index (χ1) is 51.1. The second-order valence-electron chi connectivity index (χ2n) is 38.0. The number of ether oxygens (including phenoxy) is 4. The molecule has 112 heavy (non-hydrogen) atoms. The third-order valence-corrected chi connectivity index (χ3v) is 19.2. The van der Waals surface area contributed by atoms with E-state index in [4.69, 9.17) is 18.9 Å². The number of benzene rings is 6. The van der Waals surface area contributed by atoms with Crippen LogP contribution in [0, 0.1) is 93.8 Å². The molecule has 6 aromatic carbocycles. The zero-order chi connectivity index (χ0) is 82.9. The van der Waals surface area contributed by atoms with Crippen LogP contribution in [-0.2, 0) is 88.6 Å². The average Bonchev–Trinajstić information content (AvgIpc) is 1.13. The van der Waals surface area contributed by atoms with Crippen LogP contribution in [-0.4, -0.2) is 115 Å². The van der Waals surface area contributed by atoms with Gasteiger partial charge in [0.1, 0.15) is 0 Å². The monoisotopic (exact) mass is 1860 g/mol. The average molecular weight is 1860 g/mol. The fraction of sp³-hybridized carbons (Fsp3) is 0.604. The Morgan fingerprint density at radius 2 is 0.545 bits per heavy atom. The van der Waals surface area contributed by atoms with Crippen LogP contribution in [0.3, 0.4) is 0 Å². The smallest absolute Gasteiger partial charge is 0.872 e. The molecule has 0 amide bonds. The van der Waals surface area contributed by atoms with Crippen LogP contribution < -0.4 is 30.6 Å². The van der Waals surface area contributed by atoms with E-state index in [9.17, 15) is 30.6 Å². The number of hydrogen-bond acceptors (Lipinski definition) is 14. The maximum atomic E-state index is 13.3. The van der Waals surface area contributed by atoms with Gasteiger partial charge in [-0.2, -0.15) is 0 Å². The topological polar surface area (TPSA) is 206 Å². The summed E-state index contributed by atoms with van der Waals surface area (Å²) in [6.07, 6.45) is 13.7. The molecule has 10 rings (SSSR count). The fourth-order valence-electron chi connectivity index (χ4n) is 11.8. The van der Waals surface area contributed by atoms with Crippen LogP contribution in [0.15, 0.2) is 119 Å². The SMILES string of the molecule is C1CCOC1.C1CCOC1.C1CCOC1.C1CCOC1.CN(CCN=Cc1cc(C(C)(C)C)cc(C(C)(C)C)c1[O-])Cc1cc(C(C)(C)C)cc(C(C)(C)C)c1[O-].CN(CCN=Cc1cc(C(C)(C)C)cc(C(C)(C)C)c1[O-])Cc1cc(C(C)(C)C)cc(C(C)(C)C)c1[O-].[O-]Cc1ccccc1.[O-]Cc1ccccc1.[Yb+3].[Yb+3]. The van der Waals surface area contributed by atoms with E-state index in [0.29, 0.717) is 50.4 Å². The van der Waals surface area contributed by atoms with Crippen molar-refractivity contribution in [2.24, 2.45) is 9.98 Å². The Bertz CT molecular complexity index is 3360. The normalized spacial score (nSPS) is 14.6. The first-order valence-corrected chi connectivity index (χ1v) is 40.4. The van der Waals surface area contributed by atoms with E-state index in [1.807, 2.05) is 86.9 Å². The molecule has 4 saturated heterocycles. The quantitative estimate of drug-likeness (QED) is 0.0934. The van der Waals surface area contributed by atoms with Crippen LogP contribution >= 0.6 is 0 Å². The van der Waals surface area contributed by atoms with Crippen LogP contribution in [0.25, 0.3) is 0 Å². The molecule has 0 N–H and O–H groups in total. The van der Waals surface area contributed by atoms with Gasteiger partial charge in [-0.25, -0.2) is 0 Å². The third-order valence-electron chi connectivity index (χ3n) is 19.2. The molecule has 6 aromatic rings. The maximum absolute atomic E-state index is 13.3. The molecule has 0 atom stereocenters. The van der Waals surface area contributed by atoms with E-state index in [1.54, 1.807) is 12.4 Å². The van der Waals surface area contributed by atoms with Gasteiger partial charge in [0.05, 0.1) is 13.1 Å². The first-order valence-electron chi connectivity index (χ1n) is 40.4. The molecule has 0 saturated carbocycles. The van der Waals surface area contributed by atoms with Gasteiger partial charge in [0.2, 0.25) is 0 Å². The second-order valence-corrected chi connectivity index (χ2v) is 38.0. The molecule has 16 heteroatoms. The summed E-state index contributed by atoms with van der Waals surface area (Å²) < 4.78 is 19.8. The summed E-state index contributed by atoms with van der Waals surface area (Å²) >= 11 is 0. The van der Waals surface area contributed by atoms with Crippen molar-refractivity contribution in [1.29, 1.82) is 0 Å². The molecule has 0 unspecified atom stereocenters. The van der Waals surface area contributed by atoms with Gasteiger partial charge in [-0.15, -0.1) is 24.7 Å². The fourth-order valence-corrected chi connectivity index (χ4v) is 11.8. The standard InChI is InChI=1S/2C33H52N2O2.2C7H7O.4C4H8O.2Yb/c2*1-30(2,3)24-16-22(28(36)26(18-24)32(7,8)9)20-34-14-15-35(13)21-23-17-25(31(4,5)6)19-27(29(23)37)33(10,11)12;2*8-6-7-4-2-1-3-5-7;4*1-2-4-5-3-1;;/h2*16-20,36-37H,14-15,21H2,1-13H3;2*1-5H,6H2;4*1-4H2;;/q;;2*-1;;;;;2*+3/p-4. The van der Waals surface area contributed by atoms with Crippen LogP contribution in [0.5, 0.6) is 23.0 Å². The minimum atomic E-state index is -0.231. The van der Waals surface area contributed by atoms with E-state index in [2.05, 4.69) is 222 Å².